The quantitative estimate of drug-likeness (QED) is 0.824. The third-order valence-corrected chi connectivity index (χ3v) is 3.21. The summed E-state index contributed by atoms with van der Waals surface area (Å²) in [4.78, 5) is 0. The van der Waals surface area contributed by atoms with Crippen molar-refractivity contribution < 1.29 is 14.2 Å². The average Bonchev–Trinajstić information content (AvgIpc) is 2.43. The highest BCUT2D eigenvalue weighted by Gasteiger charge is 2.29. The average molecular weight is 267 g/mol. The Labute approximate surface area is 116 Å². The highest BCUT2D eigenvalue weighted by atomic mass is 16.5. The Balaban J connectivity index is 3.30. The Morgan fingerprint density at radius 1 is 1.00 bits per heavy atom. The Kier molecular flexibility index (Phi) is 5.48. The van der Waals surface area contributed by atoms with Crippen LogP contribution in [0.25, 0.3) is 0 Å². The van der Waals surface area contributed by atoms with Gasteiger partial charge < -0.3 is 19.5 Å². The molecule has 1 aromatic carbocycles. The van der Waals surface area contributed by atoms with Gasteiger partial charge in [-0.25, -0.2) is 0 Å². The van der Waals surface area contributed by atoms with Gasteiger partial charge in [-0.3, -0.25) is 0 Å². The van der Waals surface area contributed by atoms with Gasteiger partial charge in [-0.15, -0.1) is 0 Å². The highest BCUT2D eigenvalue weighted by Crippen LogP contribution is 2.41. The SMILES string of the molecule is CCNCC(C)(C)c1c(OC)cc(OC)cc1OC. The summed E-state index contributed by atoms with van der Waals surface area (Å²) in [5.74, 6) is 2.31. The van der Waals surface area contributed by atoms with Crippen LogP contribution in [-0.4, -0.2) is 34.4 Å². The van der Waals surface area contributed by atoms with Crippen molar-refractivity contribution in [2.75, 3.05) is 34.4 Å². The highest BCUT2D eigenvalue weighted by molar-refractivity contribution is 5.54. The molecule has 4 nitrogen and oxygen atoms in total. The van der Waals surface area contributed by atoms with E-state index >= 15 is 0 Å². The van der Waals surface area contributed by atoms with Gasteiger partial charge in [0.2, 0.25) is 0 Å². The smallest absolute Gasteiger partial charge is 0.130 e. The topological polar surface area (TPSA) is 39.7 Å². The van der Waals surface area contributed by atoms with E-state index in [-0.39, 0.29) is 5.41 Å². The minimum atomic E-state index is -0.0982. The van der Waals surface area contributed by atoms with Crippen LogP contribution in [0.5, 0.6) is 17.2 Å². The Bertz CT molecular complexity index is 391. The first-order valence-corrected chi connectivity index (χ1v) is 6.51. The third-order valence-electron chi connectivity index (χ3n) is 3.21. The first-order valence-electron chi connectivity index (χ1n) is 6.51. The van der Waals surface area contributed by atoms with Crippen molar-refractivity contribution >= 4 is 0 Å². The van der Waals surface area contributed by atoms with Crippen molar-refractivity contribution in [3.05, 3.63) is 17.7 Å². The maximum Gasteiger partial charge on any atom is 0.130 e. The summed E-state index contributed by atoms with van der Waals surface area (Å²) in [6.07, 6.45) is 0. The van der Waals surface area contributed by atoms with Crippen LogP contribution in [0.3, 0.4) is 0 Å². The Hall–Kier alpha value is -1.42. The molecule has 0 amide bonds. The minimum absolute atomic E-state index is 0.0982. The molecule has 0 atom stereocenters. The molecule has 0 saturated carbocycles. The number of benzene rings is 1. The zero-order chi connectivity index (χ0) is 14.5. The van der Waals surface area contributed by atoms with Gasteiger partial charge in [0.1, 0.15) is 17.2 Å². The molecular formula is C15H25NO3. The molecule has 0 bridgehead atoms. The zero-order valence-corrected chi connectivity index (χ0v) is 12.8. The molecule has 19 heavy (non-hydrogen) atoms. The van der Waals surface area contributed by atoms with Gasteiger partial charge in [-0.2, -0.15) is 0 Å². The molecule has 1 aromatic rings. The lowest BCUT2D eigenvalue weighted by Gasteiger charge is -2.29. The van der Waals surface area contributed by atoms with Crippen LogP contribution in [0.4, 0.5) is 0 Å². The van der Waals surface area contributed by atoms with E-state index < -0.39 is 0 Å². The molecule has 0 aliphatic carbocycles. The number of methoxy groups -OCH3 is 3. The maximum atomic E-state index is 5.51. The van der Waals surface area contributed by atoms with E-state index in [2.05, 4.69) is 26.1 Å². The van der Waals surface area contributed by atoms with E-state index in [4.69, 9.17) is 14.2 Å². The van der Waals surface area contributed by atoms with Crippen molar-refractivity contribution in [1.29, 1.82) is 0 Å². The standard InChI is InChI=1S/C15H25NO3/c1-7-16-10-15(2,3)14-12(18-5)8-11(17-4)9-13(14)19-6/h8-9,16H,7,10H2,1-6H3. The largest absolute Gasteiger partial charge is 0.496 e. The van der Waals surface area contributed by atoms with Crippen LogP contribution in [0, 0.1) is 0 Å². The van der Waals surface area contributed by atoms with Gasteiger partial charge in [0.05, 0.1) is 21.3 Å². The molecule has 0 spiro atoms. The number of hydrogen-bond acceptors (Lipinski definition) is 4. The molecule has 0 aromatic heterocycles. The van der Waals surface area contributed by atoms with Crippen molar-refractivity contribution in [3.8, 4) is 17.2 Å². The summed E-state index contributed by atoms with van der Waals surface area (Å²) in [7, 11) is 4.97. The molecule has 0 heterocycles. The van der Waals surface area contributed by atoms with Crippen LogP contribution in [0.2, 0.25) is 0 Å². The van der Waals surface area contributed by atoms with Gasteiger partial charge >= 0.3 is 0 Å². The molecule has 0 unspecified atom stereocenters. The maximum absolute atomic E-state index is 5.51. The second-order valence-electron chi connectivity index (χ2n) is 5.07. The molecule has 108 valence electrons. The lowest BCUT2D eigenvalue weighted by atomic mass is 9.83. The summed E-state index contributed by atoms with van der Waals surface area (Å²) in [5.41, 5.74) is 0.957. The second kappa shape index (κ2) is 6.66. The molecule has 0 aliphatic heterocycles. The van der Waals surface area contributed by atoms with E-state index in [1.165, 1.54) is 0 Å². The van der Waals surface area contributed by atoms with Crippen LogP contribution in [0.1, 0.15) is 26.3 Å². The van der Waals surface area contributed by atoms with Gasteiger partial charge in [0.25, 0.3) is 0 Å². The third kappa shape index (κ3) is 3.53. The molecular weight excluding hydrogens is 242 g/mol. The number of ether oxygens (including phenoxy) is 3. The van der Waals surface area contributed by atoms with Crippen LogP contribution >= 0.6 is 0 Å². The van der Waals surface area contributed by atoms with E-state index in [1.807, 2.05) is 12.1 Å². The Morgan fingerprint density at radius 3 is 1.89 bits per heavy atom. The lowest BCUT2D eigenvalue weighted by Crippen LogP contribution is -2.33. The number of nitrogens with one attached hydrogen (secondary N) is 1. The van der Waals surface area contributed by atoms with Gasteiger partial charge in [-0.05, 0) is 6.54 Å². The van der Waals surface area contributed by atoms with Crippen LogP contribution in [0.15, 0.2) is 12.1 Å². The normalized spacial score (nSPS) is 11.3. The first kappa shape index (κ1) is 15.6. The fourth-order valence-corrected chi connectivity index (χ4v) is 2.20. The first-order chi connectivity index (χ1) is 9.00. The predicted molar refractivity (Wildman–Crippen MR) is 77.7 cm³/mol. The summed E-state index contributed by atoms with van der Waals surface area (Å²) in [5, 5.41) is 3.38. The van der Waals surface area contributed by atoms with Crippen molar-refractivity contribution in [1.82, 2.24) is 5.32 Å². The van der Waals surface area contributed by atoms with Crippen molar-refractivity contribution in [3.63, 3.8) is 0 Å². The Morgan fingerprint density at radius 2 is 1.53 bits per heavy atom. The number of likely N-dealkylation sites (N-methyl/N-ethyl adjacent to an activating group) is 1. The summed E-state index contributed by atoms with van der Waals surface area (Å²) < 4.78 is 16.3. The van der Waals surface area contributed by atoms with Gasteiger partial charge in [0, 0.05) is 29.7 Å². The molecule has 4 heteroatoms. The second-order valence-corrected chi connectivity index (χ2v) is 5.07. The fourth-order valence-electron chi connectivity index (χ4n) is 2.20. The molecule has 0 fully saturated rings. The zero-order valence-electron chi connectivity index (χ0n) is 12.8. The fraction of sp³-hybridized carbons (Fsp3) is 0.600. The van der Waals surface area contributed by atoms with E-state index in [1.54, 1.807) is 21.3 Å². The summed E-state index contributed by atoms with van der Waals surface area (Å²) >= 11 is 0. The molecule has 0 radical (unpaired) electrons. The van der Waals surface area contributed by atoms with Gasteiger partial charge in [-0.1, -0.05) is 20.8 Å². The summed E-state index contributed by atoms with van der Waals surface area (Å²) in [6, 6.07) is 3.79. The lowest BCUT2D eigenvalue weighted by molar-refractivity contribution is 0.346. The van der Waals surface area contributed by atoms with Crippen LogP contribution < -0.4 is 19.5 Å². The van der Waals surface area contributed by atoms with Crippen molar-refractivity contribution in [2.45, 2.75) is 26.2 Å². The molecule has 1 rings (SSSR count). The van der Waals surface area contributed by atoms with E-state index in [9.17, 15) is 0 Å². The van der Waals surface area contributed by atoms with E-state index in [0.717, 1.165) is 35.9 Å². The predicted octanol–water partition coefficient (Wildman–Crippen LogP) is 2.60. The molecule has 0 aliphatic rings. The molecule has 0 saturated heterocycles. The minimum Gasteiger partial charge on any atom is -0.496 e. The summed E-state index contributed by atoms with van der Waals surface area (Å²) in [6.45, 7) is 8.22. The van der Waals surface area contributed by atoms with Crippen LogP contribution in [-0.2, 0) is 5.41 Å². The number of hydrogen-bond donors (Lipinski definition) is 1. The monoisotopic (exact) mass is 267 g/mol. The van der Waals surface area contributed by atoms with Gasteiger partial charge in [0.15, 0.2) is 0 Å². The van der Waals surface area contributed by atoms with Crippen molar-refractivity contribution in [2.24, 2.45) is 0 Å². The molecule has 1 N–H and O–H groups in total. The number of rotatable bonds is 7. The van der Waals surface area contributed by atoms with E-state index in [0.29, 0.717) is 0 Å².